The molecule has 0 saturated carbocycles. The summed E-state index contributed by atoms with van der Waals surface area (Å²) in [5.74, 6) is 1.86. The van der Waals surface area contributed by atoms with Crippen molar-refractivity contribution in [2.45, 2.75) is 11.8 Å². The van der Waals surface area contributed by atoms with Crippen LogP contribution in [0.5, 0.6) is 11.5 Å². The molecule has 0 radical (unpaired) electrons. The molecular formula is C13H16BrClO3. The van der Waals surface area contributed by atoms with Crippen LogP contribution in [0.25, 0.3) is 0 Å². The van der Waals surface area contributed by atoms with Crippen LogP contribution in [0.1, 0.15) is 17.4 Å². The third-order valence-electron chi connectivity index (χ3n) is 3.18. The van der Waals surface area contributed by atoms with Crippen molar-refractivity contribution >= 4 is 27.5 Å². The first-order valence-corrected chi connectivity index (χ1v) is 7.03. The third-order valence-corrected chi connectivity index (χ3v) is 4.39. The Hall–Kier alpha value is -0.450. The number of halogens is 2. The van der Waals surface area contributed by atoms with Crippen molar-refractivity contribution in [1.29, 1.82) is 0 Å². The Bertz CT molecular complexity index is 419. The molecule has 0 amide bonds. The van der Waals surface area contributed by atoms with E-state index >= 15 is 0 Å². The van der Waals surface area contributed by atoms with Crippen LogP contribution in [0, 0.1) is 5.92 Å². The van der Waals surface area contributed by atoms with Gasteiger partial charge in [0.25, 0.3) is 0 Å². The van der Waals surface area contributed by atoms with Gasteiger partial charge in [0, 0.05) is 18.1 Å². The number of hydrogen-bond donors (Lipinski definition) is 0. The van der Waals surface area contributed by atoms with E-state index in [9.17, 15) is 0 Å². The molecule has 1 fully saturated rings. The molecule has 18 heavy (non-hydrogen) atoms. The van der Waals surface area contributed by atoms with Gasteiger partial charge < -0.3 is 14.2 Å². The molecule has 0 bridgehead atoms. The minimum atomic E-state index is -0.121. The van der Waals surface area contributed by atoms with Gasteiger partial charge in [0.15, 0.2) is 0 Å². The summed E-state index contributed by atoms with van der Waals surface area (Å²) in [7, 11) is 3.28. The van der Waals surface area contributed by atoms with Crippen molar-refractivity contribution in [2.75, 3.05) is 27.4 Å². The van der Waals surface area contributed by atoms with Crippen LogP contribution in [0.2, 0.25) is 0 Å². The molecule has 1 heterocycles. The van der Waals surface area contributed by atoms with Crippen LogP contribution in [0.4, 0.5) is 0 Å². The Morgan fingerprint density at radius 1 is 1.33 bits per heavy atom. The van der Waals surface area contributed by atoms with Crippen LogP contribution in [-0.2, 0) is 4.74 Å². The zero-order valence-electron chi connectivity index (χ0n) is 10.4. The lowest BCUT2D eigenvalue weighted by molar-refractivity contribution is 0.185. The number of benzene rings is 1. The molecule has 1 saturated heterocycles. The van der Waals surface area contributed by atoms with Crippen LogP contribution >= 0.6 is 27.5 Å². The molecule has 1 aromatic carbocycles. The smallest absolute Gasteiger partial charge is 0.133 e. The maximum absolute atomic E-state index is 6.55. The Balaban J connectivity index is 2.34. The van der Waals surface area contributed by atoms with E-state index < -0.39 is 0 Å². The number of ether oxygens (including phenoxy) is 3. The monoisotopic (exact) mass is 334 g/mol. The van der Waals surface area contributed by atoms with E-state index in [0.29, 0.717) is 12.5 Å². The second-order valence-corrected chi connectivity index (χ2v) is 5.58. The molecule has 1 aliphatic heterocycles. The van der Waals surface area contributed by atoms with E-state index in [1.54, 1.807) is 14.2 Å². The summed E-state index contributed by atoms with van der Waals surface area (Å²) in [6, 6.07) is 3.82. The van der Waals surface area contributed by atoms with Gasteiger partial charge in [-0.3, -0.25) is 0 Å². The molecular weight excluding hydrogens is 319 g/mol. The molecule has 2 rings (SSSR count). The Labute approximate surface area is 120 Å². The Morgan fingerprint density at radius 3 is 2.61 bits per heavy atom. The van der Waals surface area contributed by atoms with Gasteiger partial charge in [-0.15, -0.1) is 11.6 Å². The first-order chi connectivity index (χ1) is 8.67. The second-order valence-electron chi connectivity index (χ2n) is 4.25. The van der Waals surface area contributed by atoms with E-state index in [2.05, 4.69) is 15.9 Å². The number of methoxy groups -OCH3 is 2. The average Bonchev–Trinajstić information content (AvgIpc) is 2.91. The molecule has 0 aliphatic carbocycles. The predicted octanol–water partition coefficient (Wildman–Crippen LogP) is 3.78. The summed E-state index contributed by atoms with van der Waals surface area (Å²) in [4.78, 5) is 0. The highest BCUT2D eigenvalue weighted by atomic mass is 79.9. The van der Waals surface area contributed by atoms with E-state index in [0.717, 1.165) is 34.6 Å². The van der Waals surface area contributed by atoms with Gasteiger partial charge in [0.05, 0.1) is 30.7 Å². The topological polar surface area (TPSA) is 27.7 Å². The largest absolute Gasteiger partial charge is 0.496 e. The minimum absolute atomic E-state index is 0.121. The van der Waals surface area contributed by atoms with Crippen LogP contribution in [-0.4, -0.2) is 27.4 Å². The number of hydrogen-bond acceptors (Lipinski definition) is 3. The van der Waals surface area contributed by atoms with Crippen molar-refractivity contribution in [1.82, 2.24) is 0 Å². The molecule has 2 atom stereocenters. The molecule has 5 heteroatoms. The van der Waals surface area contributed by atoms with Gasteiger partial charge in [0.1, 0.15) is 11.5 Å². The molecule has 3 nitrogen and oxygen atoms in total. The summed E-state index contributed by atoms with van der Waals surface area (Å²) in [6.07, 6.45) is 0.982. The van der Waals surface area contributed by atoms with Gasteiger partial charge in [-0.2, -0.15) is 0 Å². The molecule has 1 aromatic rings. The van der Waals surface area contributed by atoms with E-state index in [-0.39, 0.29) is 5.38 Å². The van der Waals surface area contributed by atoms with E-state index in [1.807, 2.05) is 12.1 Å². The highest BCUT2D eigenvalue weighted by Gasteiger charge is 2.28. The molecule has 0 N–H and O–H groups in total. The third kappa shape index (κ3) is 2.76. The Morgan fingerprint density at radius 2 is 2.06 bits per heavy atom. The van der Waals surface area contributed by atoms with Crippen LogP contribution in [0.3, 0.4) is 0 Å². The average molecular weight is 336 g/mol. The SMILES string of the molecule is COc1cc(C(Cl)C2CCOC2)c(OC)cc1Br. The molecule has 100 valence electrons. The van der Waals surface area contributed by atoms with Crippen molar-refractivity contribution in [3.8, 4) is 11.5 Å². The fourth-order valence-corrected chi connectivity index (χ4v) is 2.99. The molecule has 1 aliphatic rings. The van der Waals surface area contributed by atoms with Crippen molar-refractivity contribution in [3.63, 3.8) is 0 Å². The fourth-order valence-electron chi connectivity index (χ4n) is 2.14. The lowest BCUT2D eigenvalue weighted by atomic mass is 9.97. The second kappa shape index (κ2) is 6.13. The van der Waals surface area contributed by atoms with E-state index in [1.165, 1.54) is 0 Å². The minimum Gasteiger partial charge on any atom is -0.496 e. The highest BCUT2D eigenvalue weighted by molar-refractivity contribution is 9.10. The number of alkyl halides is 1. The van der Waals surface area contributed by atoms with Crippen molar-refractivity contribution in [3.05, 3.63) is 22.2 Å². The summed E-state index contributed by atoms with van der Waals surface area (Å²) in [6.45, 7) is 1.49. The van der Waals surface area contributed by atoms with Gasteiger partial charge in [-0.1, -0.05) is 0 Å². The lowest BCUT2D eigenvalue weighted by Gasteiger charge is -2.20. The Kier molecular flexibility index (Phi) is 4.76. The lowest BCUT2D eigenvalue weighted by Crippen LogP contribution is -2.09. The van der Waals surface area contributed by atoms with Gasteiger partial charge in [-0.05, 0) is 34.5 Å². The first-order valence-electron chi connectivity index (χ1n) is 5.80. The summed E-state index contributed by atoms with van der Waals surface area (Å²) < 4.78 is 16.9. The van der Waals surface area contributed by atoms with Gasteiger partial charge in [-0.25, -0.2) is 0 Å². The summed E-state index contributed by atoms with van der Waals surface area (Å²) in [5, 5.41) is -0.121. The molecule has 0 spiro atoms. The maximum atomic E-state index is 6.55. The summed E-state index contributed by atoms with van der Waals surface area (Å²) >= 11 is 9.99. The zero-order valence-corrected chi connectivity index (χ0v) is 12.8. The van der Waals surface area contributed by atoms with Gasteiger partial charge >= 0.3 is 0 Å². The normalized spacial score (nSPS) is 20.8. The van der Waals surface area contributed by atoms with E-state index in [4.69, 9.17) is 25.8 Å². The molecule has 0 aromatic heterocycles. The van der Waals surface area contributed by atoms with Crippen LogP contribution in [0.15, 0.2) is 16.6 Å². The predicted molar refractivity (Wildman–Crippen MR) is 74.8 cm³/mol. The fraction of sp³-hybridized carbons (Fsp3) is 0.538. The molecule has 2 unspecified atom stereocenters. The zero-order chi connectivity index (χ0) is 13.1. The quantitative estimate of drug-likeness (QED) is 0.784. The maximum Gasteiger partial charge on any atom is 0.133 e. The number of rotatable bonds is 4. The first kappa shape index (κ1) is 14.0. The standard InChI is InChI=1S/C13H16BrClO3/c1-16-11-6-10(14)12(17-2)5-9(11)13(15)8-3-4-18-7-8/h5-6,8,13H,3-4,7H2,1-2H3. The summed E-state index contributed by atoms with van der Waals surface area (Å²) in [5.41, 5.74) is 0.953. The van der Waals surface area contributed by atoms with Crippen molar-refractivity contribution in [2.24, 2.45) is 5.92 Å². The van der Waals surface area contributed by atoms with Gasteiger partial charge in [0.2, 0.25) is 0 Å². The highest BCUT2D eigenvalue weighted by Crippen LogP contribution is 2.42. The van der Waals surface area contributed by atoms with Crippen LogP contribution < -0.4 is 9.47 Å². The van der Waals surface area contributed by atoms with Crippen molar-refractivity contribution < 1.29 is 14.2 Å².